The third kappa shape index (κ3) is 3.56. The lowest BCUT2D eigenvalue weighted by Crippen LogP contribution is -2.56. The van der Waals surface area contributed by atoms with E-state index in [-0.39, 0.29) is 5.54 Å². The molecule has 0 heterocycles. The first-order chi connectivity index (χ1) is 6.70. The van der Waals surface area contributed by atoms with Crippen molar-refractivity contribution in [1.29, 1.82) is 0 Å². The molecule has 0 saturated heterocycles. The lowest BCUT2D eigenvalue weighted by molar-refractivity contribution is 0.109. The summed E-state index contributed by atoms with van der Waals surface area (Å²) < 4.78 is 5.20. The first-order valence-electron chi connectivity index (χ1n) is 5.67. The van der Waals surface area contributed by atoms with Gasteiger partial charge in [-0.1, -0.05) is 19.3 Å². The van der Waals surface area contributed by atoms with Gasteiger partial charge in [-0.2, -0.15) is 0 Å². The van der Waals surface area contributed by atoms with Gasteiger partial charge in [-0.15, -0.1) is 0 Å². The molecule has 84 valence electrons. The Balaban J connectivity index is 2.37. The van der Waals surface area contributed by atoms with Crippen LogP contribution in [0.15, 0.2) is 0 Å². The van der Waals surface area contributed by atoms with Gasteiger partial charge in [-0.3, -0.25) is 0 Å². The number of rotatable bonds is 5. The molecule has 0 amide bonds. The van der Waals surface area contributed by atoms with Gasteiger partial charge in [0.2, 0.25) is 0 Å². The standard InChI is InChI=1S/C11H24N2O/c1-11(8-12,9-14-2)13-10-6-4-3-5-7-10/h10,13H,3-9,12H2,1-2H3. The Hall–Kier alpha value is -0.120. The Bertz CT molecular complexity index is 157. The number of nitrogens with one attached hydrogen (secondary N) is 1. The molecule has 3 N–H and O–H groups in total. The molecule has 1 rings (SSSR count). The van der Waals surface area contributed by atoms with E-state index in [0.717, 1.165) is 0 Å². The molecule has 1 saturated carbocycles. The van der Waals surface area contributed by atoms with Gasteiger partial charge in [0.15, 0.2) is 0 Å². The number of hydrogen-bond donors (Lipinski definition) is 2. The minimum atomic E-state index is -0.0449. The van der Waals surface area contributed by atoms with Crippen molar-refractivity contribution in [3.8, 4) is 0 Å². The van der Waals surface area contributed by atoms with E-state index in [2.05, 4.69) is 12.2 Å². The van der Waals surface area contributed by atoms with Gasteiger partial charge in [-0.25, -0.2) is 0 Å². The van der Waals surface area contributed by atoms with E-state index in [1.165, 1.54) is 32.1 Å². The molecule has 1 aliphatic carbocycles. The van der Waals surface area contributed by atoms with Crippen LogP contribution in [-0.4, -0.2) is 31.8 Å². The summed E-state index contributed by atoms with van der Waals surface area (Å²) >= 11 is 0. The molecule has 1 atom stereocenters. The van der Waals surface area contributed by atoms with E-state index < -0.39 is 0 Å². The van der Waals surface area contributed by atoms with E-state index in [9.17, 15) is 0 Å². The summed E-state index contributed by atoms with van der Waals surface area (Å²) in [6, 6.07) is 0.646. The van der Waals surface area contributed by atoms with E-state index in [0.29, 0.717) is 19.2 Å². The fourth-order valence-corrected chi connectivity index (χ4v) is 2.22. The van der Waals surface area contributed by atoms with E-state index in [1.54, 1.807) is 7.11 Å². The van der Waals surface area contributed by atoms with Crippen LogP contribution in [0.25, 0.3) is 0 Å². The average Bonchev–Trinajstić information content (AvgIpc) is 2.20. The molecule has 1 fully saturated rings. The molecule has 0 aromatic carbocycles. The fraction of sp³-hybridized carbons (Fsp3) is 1.00. The molecule has 3 nitrogen and oxygen atoms in total. The Morgan fingerprint density at radius 3 is 2.50 bits per heavy atom. The van der Waals surface area contributed by atoms with Gasteiger partial charge >= 0.3 is 0 Å². The lowest BCUT2D eigenvalue weighted by atomic mass is 9.92. The second-order valence-electron chi connectivity index (χ2n) is 4.68. The molecule has 1 aliphatic rings. The fourth-order valence-electron chi connectivity index (χ4n) is 2.22. The van der Waals surface area contributed by atoms with E-state index in [1.807, 2.05) is 0 Å². The van der Waals surface area contributed by atoms with Crippen molar-refractivity contribution in [2.24, 2.45) is 5.73 Å². The highest BCUT2D eigenvalue weighted by atomic mass is 16.5. The first-order valence-corrected chi connectivity index (χ1v) is 5.67. The van der Waals surface area contributed by atoms with Crippen molar-refractivity contribution in [3.63, 3.8) is 0 Å². The highest BCUT2D eigenvalue weighted by molar-refractivity contribution is 4.88. The first kappa shape index (κ1) is 12.0. The molecular weight excluding hydrogens is 176 g/mol. The largest absolute Gasteiger partial charge is 0.383 e. The van der Waals surface area contributed by atoms with Crippen LogP contribution in [0.3, 0.4) is 0 Å². The SMILES string of the molecule is COCC(C)(CN)NC1CCCCC1. The molecule has 0 spiro atoms. The van der Waals surface area contributed by atoms with E-state index in [4.69, 9.17) is 10.5 Å². The van der Waals surface area contributed by atoms with Crippen LogP contribution < -0.4 is 11.1 Å². The van der Waals surface area contributed by atoms with Crippen LogP contribution in [0.1, 0.15) is 39.0 Å². The van der Waals surface area contributed by atoms with Crippen molar-refractivity contribution in [2.75, 3.05) is 20.3 Å². The van der Waals surface area contributed by atoms with Gasteiger partial charge in [0.05, 0.1) is 12.1 Å². The zero-order valence-corrected chi connectivity index (χ0v) is 9.51. The third-order valence-corrected chi connectivity index (χ3v) is 3.07. The molecule has 0 bridgehead atoms. The number of ether oxygens (including phenoxy) is 1. The maximum atomic E-state index is 5.77. The van der Waals surface area contributed by atoms with Crippen LogP contribution in [0.5, 0.6) is 0 Å². The van der Waals surface area contributed by atoms with E-state index >= 15 is 0 Å². The quantitative estimate of drug-likeness (QED) is 0.702. The predicted octanol–water partition coefficient (Wildman–Crippen LogP) is 1.27. The van der Waals surface area contributed by atoms with Crippen LogP contribution in [0, 0.1) is 0 Å². The topological polar surface area (TPSA) is 47.3 Å². The van der Waals surface area contributed by atoms with Crippen molar-refractivity contribution >= 4 is 0 Å². The summed E-state index contributed by atoms with van der Waals surface area (Å²) in [7, 11) is 1.73. The van der Waals surface area contributed by atoms with Crippen LogP contribution in [0.4, 0.5) is 0 Å². The Morgan fingerprint density at radius 1 is 1.36 bits per heavy atom. The predicted molar refractivity (Wildman–Crippen MR) is 59.3 cm³/mol. The van der Waals surface area contributed by atoms with Crippen molar-refractivity contribution in [3.05, 3.63) is 0 Å². The zero-order chi connectivity index (χ0) is 10.4. The summed E-state index contributed by atoms with van der Waals surface area (Å²) in [6.07, 6.45) is 6.68. The summed E-state index contributed by atoms with van der Waals surface area (Å²) in [5, 5.41) is 3.63. The molecule has 0 radical (unpaired) electrons. The second-order valence-corrected chi connectivity index (χ2v) is 4.68. The maximum absolute atomic E-state index is 5.77. The van der Waals surface area contributed by atoms with Crippen molar-refractivity contribution in [2.45, 2.75) is 50.6 Å². The Morgan fingerprint density at radius 2 is 2.00 bits per heavy atom. The van der Waals surface area contributed by atoms with Gasteiger partial charge in [-0.05, 0) is 19.8 Å². The summed E-state index contributed by atoms with van der Waals surface area (Å²) in [4.78, 5) is 0. The van der Waals surface area contributed by atoms with Crippen LogP contribution >= 0.6 is 0 Å². The smallest absolute Gasteiger partial charge is 0.0654 e. The highest BCUT2D eigenvalue weighted by Gasteiger charge is 2.26. The minimum Gasteiger partial charge on any atom is -0.383 e. The summed E-state index contributed by atoms with van der Waals surface area (Å²) in [5.74, 6) is 0. The van der Waals surface area contributed by atoms with Crippen LogP contribution in [0.2, 0.25) is 0 Å². The maximum Gasteiger partial charge on any atom is 0.0654 e. The van der Waals surface area contributed by atoms with Gasteiger partial charge in [0.1, 0.15) is 0 Å². The molecule has 1 unspecified atom stereocenters. The molecule has 14 heavy (non-hydrogen) atoms. The molecule has 3 heteroatoms. The average molecular weight is 200 g/mol. The third-order valence-electron chi connectivity index (χ3n) is 3.07. The van der Waals surface area contributed by atoms with Gasteiger partial charge in [0, 0.05) is 19.7 Å². The Kier molecular flexibility index (Phi) is 4.85. The monoisotopic (exact) mass is 200 g/mol. The molecule has 0 aromatic heterocycles. The van der Waals surface area contributed by atoms with Crippen molar-refractivity contribution < 1.29 is 4.74 Å². The molecule has 0 aliphatic heterocycles. The molecule has 0 aromatic rings. The van der Waals surface area contributed by atoms with Crippen molar-refractivity contribution in [1.82, 2.24) is 5.32 Å². The van der Waals surface area contributed by atoms with Gasteiger partial charge < -0.3 is 15.8 Å². The highest BCUT2D eigenvalue weighted by Crippen LogP contribution is 2.19. The minimum absolute atomic E-state index is 0.0449. The zero-order valence-electron chi connectivity index (χ0n) is 9.51. The Labute approximate surface area is 87.4 Å². The lowest BCUT2D eigenvalue weighted by Gasteiger charge is -2.35. The normalized spacial score (nSPS) is 23.4. The van der Waals surface area contributed by atoms with Crippen LogP contribution in [-0.2, 0) is 4.74 Å². The number of nitrogens with two attached hydrogens (primary N) is 1. The summed E-state index contributed by atoms with van der Waals surface area (Å²) in [5.41, 5.74) is 5.72. The molecular formula is C11H24N2O. The second kappa shape index (κ2) is 5.69. The van der Waals surface area contributed by atoms with Gasteiger partial charge in [0.25, 0.3) is 0 Å². The summed E-state index contributed by atoms with van der Waals surface area (Å²) in [6.45, 7) is 3.47. The number of methoxy groups -OCH3 is 1. The number of hydrogen-bond acceptors (Lipinski definition) is 3.